The molecule has 8 heteroatoms. The molecule has 0 amide bonds. The maximum Gasteiger partial charge on any atom is 0.232 e. The van der Waals surface area contributed by atoms with Crippen LogP contribution in [-0.4, -0.2) is 43.5 Å². The Balaban J connectivity index is 1.88. The van der Waals surface area contributed by atoms with Crippen LogP contribution < -0.4 is 15.4 Å². The molecule has 0 radical (unpaired) electrons. The van der Waals surface area contributed by atoms with Crippen molar-refractivity contribution < 1.29 is 14.0 Å². The summed E-state index contributed by atoms with van der Waals surface area (Å²) in [6.45, 7) is 7.79. The molecule has 0 aliphatic carbocycles. The molecule has 2 rings (SSSR count). The zero-order chi connectivity index (χ0) is 19.7. The Kier molecular flexibility index (Phi) is 7.60. The largest absolute Gasteiger partial charge is 0.493 e. The molecule has 0 atom stereocenters. The van der Waals surface area contributed by atoms with Crippen molar-refractivity contribution in [1.82, 2.24) is 15.5 Å². The Morgan fingerprint density at radius 2 is 2.07 bits per heavy atom. The van der Waals surface area contributed by atoms with Gasteiger partial charge in [-0.15, -0.1) is 0 Å². The second kappa shape index (κ2) is 9.91. The van der Waals surface area contributed by atoms with E-state index in [0.717, 1.165) is 17.9 Å². The monoisotopic (exact) mass is 375 g/mol. The number of benzene rings is 1. The molecular formula is C19H29N5O3. The van der Waals surface area contributed by atoms with Crippen molar-refractivity contribution in [1.29, 1.82) is 0 Å². The van der Waals surface area contributed by atoms with Gasteiger partial charge in [0.25, 0.3) is 0 Å². The van der Waals surface area contributed by atoms with Crippen LogP contribution >= 0.6 is 0 Å². The quantitative estimate of drug-likeness (QED) is 0.416. The first-order valence-electron chi connectivity index (χ1n) is 8.95. The van der Waals surface area contributed by atoms with Gasteiger partial charge in [0.1, 0.15) is 5.75 Å². The molecule has 1 aromatic heterocycles. The highest BCUT2D eigenvalue weighted by Gasteiger charge is 2.21. The Labute approximate surface area is 160 Å². The number of anilines is 1. The molecule has 148 valence electrons. The molecule has 0 saturated carbocycles. The number of guanidine groups is 1. The number of ether oxygens (including phenoxy) is 2. The summed E-state index contributed by atoms with van der Waals surface area (Å²) < 4.78 is 16.0. The second-order valence-corrected chi connectivity index (χ2v) is 7.04. The molecule has 1 heterocycles. The number of aromatic nitrogens is 2. The summed E-state index contributed by atoms with van der Waals surface area (Å²) in [6, 6.07) is 7.71. The molecule has 8 nitrogen and oxygen atoms in total. The molecule has 2 N–H and O–H groups in total. The van der Waals surface area contributed by atoms with Gasteiger partial charge in [0.2, 0.25) is 5.89 Å². The van der Waals surface area contributed by atoms with Gasteiger partial charge in [0, 0.05) is 44.4 Å². The average Bonchev–Trinajstić information content (AvgIpc) is 3.12. The highest BCUT2D eigenvalue weighted by atomic mass is 16.5. The van der Waals surface area contributed by atoms with Gasteiger partial charge in [-0.05, 0) is 12.1 Å². The van der Waals surface area contributed by atoms with Gasteiger partial charge >= 0.3 is 0 Å². The van der Waals surface area contributed by atoms with Crippen LogP contribution in [0.4, 0.5) is 5.69 Å². The molecule has 2 aromatic rings. The van der Waals surface area contributed by atoms with E-state index in [0.29, 0.717) is 37.4 Å². The van der Waals surface area contributed by atoms with Gasteiger partial charge in [-0.1, -0.05) is 32.0 Å². The van der Waals surface area contributed by atoms with E-state index in [1.807, 2.05) is 45.0 Å². The van der Waals surface area contributed by atoms with Crippen molar-refractivity contribution in [2.75, 3.05) is 32.7 Å². The highest BCUT2D eigenvalue weighted by molar-refractivity contribution is 5.93. The summed E-state index contributed by atoms with van der Waals surface area (Å²) in [5.41, 5.74) is 0.699. The van der Waals surface area contributed by atoms with Crippen LogP contribution in [0.15, 0.2) is 33.8 Å². The van der Waals surface area contributed by atoms with Crippen LogP contribution in [0.1, 0.15) is 38.9 Å². The van der Waals surface area contributed by atoms with Crippen molar-refractivity contribution in [2.45, 2.75) is 39.2 Å². The van der Waals surface area contributed by atoms with Crippen LogP contribution in [0.25, 0.3) is 0 Å². The minimum atomic E-state index is -0.172. The summed E-state index contributed by atoms with van der Waals surface area (Å²) in [5, 5.41) is 10.4. The molecule has 0 aliphatic rings. The smallest absolute Gasteiger partial charge is 0.232 e. The maximum absolute atomic E-state index is 5.72. The molecule has 0 spiro atoms. The predicted molar refractivity (Wildman–Crippen MR) is 105 cm³/mol. The lowest BCUT2D eigenvalue weighted by Crippen LogP contribution is -2.30. The van der Waals surface area contributed by atoms with E-state index in [9.17, 15) is 0 Å². The molecular weight excluding hydrogens is 346 g/mol. The SMILES string of the molecule is CN=C(NCc1noc(C(C)(C)C)n1)Nc1cccc(OCCCOC)c1. The Bertz CT molecular complexity index is 737. The third-order valence-electron chi connectivity index (χ3n) is 3.61. The maximum atomic E-state index is 5.72. The van der Waals surface area contributed by atoms with Crippen molar-refractivity contribution in [2.24, 2.45) is 4.99 Å². The molecule has 0 aliphatic heterocycles. The van der Waals surface area contributed by atoms with E-state index >= 15 is 0 Å². The van der Waals surface area contributed by atoms with Crippen LogP contribution in [-0.2, 0) is 16.7 Å². The topological polar surface area (TPSA) is 93.8 Å². The lowest BCUT2D eigenvalue weighted by atomic mass is 9.97. The van der Waals surface area contributed by atoms with E-state index < -0.39 is 0 Å². The van der Waals surface area contributed by atoms with Gasteiger partial charge < -0.3 is 24.6 Å². The number of hydrogen-bond acceptors (Lipinski definition) is 6. The van der Waals surface area contributed by atoms with Gasteiger partial charge in [0.15, 0.2) is 11.8 Å². The standard InChI is InChI=1S/C19H29N5O3/c1-19(2,3)17-23-16(24-27-17)13-21-18(20-4)22-14-8-6-9-15(12-14)26-11-7-10-25-5/h6,8-9,12H,7,10-11,13H2,1-5H3,(H2,20,21,22). The number of aliphatic imine (C=N–C) groups is 1. The molecule has 0 fully saturated rings. The van der Waals surface area contributed by atoms with Crippen LogP contribution in [0.3, 0.4) is 0 Å². The molecule has 0 bridgehead atoms. The zero-order valence-electron chi connectivity index (χ0n) is 16.7. The fraction of sp³-hybridized carbons (Fsp3) is 0.526. The average molecular weight is 375 g/mol. The Morgan fingerprint density at radius 1 is 1.26 bits per heavy atom. The Morgan fingerprint density at radius 3 is 2.74 bits per heavy atom. The van der Waals surface area contributed by atoms with E-state index in [2.05, 4.69) is 25.8 Å². The second-order valence-electron chi connectivity index (χ2n) is 7.04. The van der Waals surface area contributed by atoms with E-state index in [4.69, 9.17) is 14.0 Å². The van der Waals surface area contributed by atoms with Crippen molar-refractivity contribution in [3.8, 4) is 5.75 Å². The van der Waals surface area contributed by atoms with E-state index in [1.165, 1.54) is 0 Å². The predicted octanol–water partition coefficient (Wildman–Crippen LogP) is 2.97. The molecule has 0 saturated heterocycles. The van der Waals surface area contributed by atoms with Gasteiger partial charge in [-0.2, -0.15) is 4.98 Å². The summed E-state index contributed by atoms with van der Waals surface area (Å²) >= 11 is 0. The molecule has 0 unspecified atom stereocenters. The van der Waals surface area contributed by atoms with Crippen LogP contribution in [0.2, 0.25) is 0 Å². The van der Waals surface area contributed by atoms with Crippen molar-refractivity contribution in [3.63, 3.8) is 0 Å². The number of hydrogen-bond donors (Lipinski definition) is 2. The number of nitrogens with one attached hydrogen (secondary N) is 2. The fourth-order valence-electron chi connectivity index (χ4n) is 2.17. The summed E-state index contributed by atoms with van der Waals surface area (Å²) in [5.74, 6) is 2.59. The number of rotatable bonds is 8. The summed E-state index contributed by atoms with van der Waals surface area (Å²) in [6.07, 6.45) is 0.846. The fourth-order valence-corrected chi connectivity index (χ4v) is 2.17. The summed E-state index contributed by atoms with van der Waals surface area (Å²) in [4.78, 5) is 8.63. The first-order chi connectivity index (χ1) is 12.9. The van der Waals surface area contributed by atoms with Crippen molar-refractivity contribution in [3.05, 3.63) is 36.0 Å². The van der Waals surface area contributed by atoms with Crippen LogP contribution in [0, 0.1) is 0 Å². The normalized spacial score (nSPS) is 12.1. The Hall–Kier alpha value is -2.61. The third kappa shape index (κ3) is 6.90. The number of nitrogens with zero attached hydrogens (tertiary/aromatic N) is 3. The highest BCUT2D eigenvalue weighted by Crippen LogP contribution is 2.20. The first-order valence-corrected chi connectivity index (χ1v) is 8.95. The minimum absolute atomic E-state index is 0.172. The molecule has 1 aromatic carbocycles. The number of methoxy groups -OCH3 is 1. The third-order valence-corrected chi connectivity index (χ3v) is 3.61. The van der Waals surface area contributed by atoms with Gasteiger partial charge in [0.05, 0.1) is 13.2 Å². The van der Waals surface area contributed by atoms with Gasteiger partial charge in [-0.25, -0.2) is 0 Å². The molecule has 27 heavy (non-hydrogen) atoms. The van der Waals surface area contributed by atoms with Gasteiger partial charge in [-0.3, -0.25) is 4.99 Å². The first kappa shape index (κ1) is 20.7. The van der Waals surface area contributed by atoms with Crippen LogP contribution in [0.5, 0.6) is 5.75 Å². The lowest BCUT2D eigenvalue weighted by molar-refractivity contribution is 0.172. The minimum Gasteiger partial charge on any atom is -0.493 e. The van der Waals surface area contributed by atoms with E-state index in [-0.39, 0.29) is 5.41 Å². The van der Waals surface area contributed by atoms with E-state index in [1.54, 1.807) is 14.2 Å². The zero-order valence-corrected chi connectivity index (χ0v) is 16.7. The lowest BCUT2D eigenvalue weighted by Gasteiger charge is -2.12. The van der Waals surface area contributed by atoms with Crippen molar-refractivity contribution >= 4 is 11.6 Å². The summed E-state index contributed by atoms with van der Waals surface area (Å²) in [7, 11) is 3.39.